The van der Waals surface area contributed by atoms with Crippen LogP contribution >= 0.6 is 36.0 Å². The van der Waals surface area contributed by atoms with Crippen LogP contribution in [0.4, 0.5) is 34.9 Å². The second kappa shape index (κ2) is 21.7. The van der Waals surface area contributed by atoms with Crippen molar-refractivity contribution in [2.24, 2.45) is 11.8 Å². The number of imidazole rings is 2. The number of aryl methyl sites for hydroxylation is 2. The molecule has 0 radical (unpaired) electrons. The Morgan fingerprint density at radius 1 is 0.681 bits per heavy atom. The van der Waals surface area contributed by atoms with Gasteiger partial charge in [0.1, 0.15) is 21.5 Å². The number of aromatic amines is 2. The molecule has 23 heteroatoms. The molecule has 0 aliphatic heterocycles. The van der Waals surface area contributed by atoms with E-state index in [1.54, 1.807) is 47.2 Å². The SMILES string of the molecule is CCOC(=O)c1cn2c(Nc3cc(C)[nH]n3)nc(Cl)cc2n1.CCOC(=O)c1cn2c(Nc3cc(C)[nH]n3)nc(Sc3ccc(NC(=O)C4CC4)cc3)cc2n1.O=C(Nc1ccc(S)cc1)C1CC1. The van der Waals surface area contributed by atoms with Crippen molar-refractivity contribution in [1.29, 1.82) is 0 Å². The number of nitrogens with one attached hydrogen (secondary N) is 6. The quantitative estimate of drug-likeness (QED) is 0.0305. The van der Waals surface area contributed by atoms with Gasteiger partial charge in [-0.25, -0.2) is 29.5 Å². The van der Waals surface area contributed by atoms with Gasteiger partial charge in [-0.3, -0.25) is 28.6 Å². The number of rotatable bonds is 14. The molecule has 0 unspecified atom stereocenters. The fourth-order valence-electron chi connectivity index (χ4n) is 6.41. The maximum atomic E-state index is 12.2. The van der Waals surface area contributed by atoms with Gasteiger partial charge < -0.3 is 30.7 Å². The minimum Gasteiger partial charge on any atom is -0.461 e. The summed E-state index contributed by atoms with van der Waals surface area (Å²) in [5, 5.41) is 26.9. The number of halogens is 1. The van der Waals surface area contributed by atoms with E-state index in [1.807, 2.05) is 74.5 Å². The molecule has 0 saturated heterocycles. The molecule has 2 aliphatic rings. The van der Waals surface area contributed by atoms with Crippen LogP contribution in [-0.4, -0.2) is 86.1 Å². The van der Waals surface area contributed by atoms with E-state index in [1.165, 1.54) is 11.8 Å². The molecule has 20 nitrogen and oxygen atoms in total. The van der Waals surface area contributed by atoms with Crippen molar-refractivity contribution >= 4 is 106 Å². The number of hydrogen-bond donors (Lipinski definition) is 7. The molecule has 6 heterocycles. The van der Waals surface area contributed by atoms with Crippen LogP contribution in [0.25, 0.3) is 11.3 Å². The van der Waals surface area contributed by atoms with Crippen LogP contribution in [0, 0.1) is 25.7 Å². The maximum absolute atomic E-state index is 12.2. The zero-order chi connectivity index (χ0) is 48.6. The Bertz CT molecular complexity index is 3130. The number of carbonyl (C=O) groups is 4. The summed E-state index contributed by atoms with van der Waals surface area (Å²) in [4.78, 5) is 66.7. The van der Waals surface area contributed by atoms with Gasteiger partial charge in [0, 0.05) is 81.0 Å². The molecule has 0 spiro atoms. The summed E-state index contributed by atoms with van der Waals surface area (Å²) in [6.45, 7) is 7.82. The third-order valence-electron chi connectivity index (χ3n) is 10.1. The average Bonchev–Trinajstić information content (AvgIpc) is 4.19. The summed E-state index contributed by atoms with van der Waals surface area (Å²) in [6, 6.07) is 22.1. The fraction of sp³-hybridized carbons (Fsp3) is 0.261. The number of esters is 2. The van der Waals surface area contributed by atoms with Gasteiger partial charge in [0.25, 0.3) is 0 Å². The van der Waals surface area contributed by atoms with Gasteiger partial charge in [-0.05, 0) is 102 Å². The number of fused-ring (bicyclic) bond motifs is 2. The smallest absolute Gasteiger partial charge is 0.358 e. The van der Waals surface area contributed by atoms with E-state index < -0.39 is 11.9 Å². The summed E-state index contributed by atoms with van der Waals surface area (Å²) in [5.41, 5.74) is 4.84. The maximum Gasteiger partial charge on any atom is 0.358 e. The molecule has 0 atom stereocenters. The summed E-state index contributed by atoms with van der Waals surface area (Å²) in [7, 11) is 0. The molecule has 6 N–H and O–H groups in total. The number of benzene rings is 2. The first-order valence-corrected chi connectivity index (χ1v) is 23.5. The third kappa shape index (κ3) is 13.0. The predicted octanol–water partition coefficient (Wildman–Crippen LogP) is 8.84. The van der Waals surface area contributed by atoms with Crippen molar-refractivity contribution < 1.29 is 28.7 Å². The Labute approximate surface area is 409 Å². The summed E-state index contributed by atoms with van der Waals surface area (Å²) < 4.78 is 13.3. The Hall–Kier alpha value is -7.43. The van der Waals surface area contributed by atoms with E-state index >= 15 is 0 Å². The first-order valence-electron chi connectivity index (χ1n) is 21.9. The normalized spacial score (nSPS) is 12.8. The Morgan fingerprint density at radius 3 is 1.59 bits per heavy atom. The zero-order valence-corrected chi connectivity index (χ0v) is 40.2. The van der Waals surface area contributed by atoms with Gasteiger partial charge in [0.05, 0.1) is 13.2 Å². The molecular weight excluding hydrogens is 944 g/mol. The van der Waals surface area contributed by atoms with Crippen LogP contribution in [0.5, 0.6) is 0 Å². The molecule has 2 saturated carbocycles. The number of amides is 2. The number of hydrogen-bond acceptors (Lipinski definition) is 16. The lowest BCUT2D eigenvalue weighted by molar-refractivity contribution is -0.118. The number of thiol groups is 1. The van der Waals surface area contributed by atoms with Gasteiger partial charge in [-0.15, -0.1) is 12.6 Å². The first kappa shape index (κ1) is 48.0. The second-order valence-electron chi connectivity index (χ2n) is 15.8. The second-order valence-corrected chi connectivity index (χ2v) is 17.8. The molecule has 10 rings (SSSR count). The van der Waals surface area contributed by atoms with Crippen LogP contribution in [0.15, 0.2) is 100 Å². The monoisotopic (exact) mass is 990 g/mol. The molecule has 2 fully saturated rings. The van der Waals surface area contributed by atoms with Gasteiger partial charge in [-0.2, -0.15) is 10.2 Å². The molecule has 0 bridgehead atoms. The number of anilines is 6. The van der Waals surface area contributed by atoms with Crippen LogP contribution in [0.2, 0.25) is 5.15 Å². The number of nitrogens with zero attached hydrogens (tertiary/aromatic N) is 8. The first-order chi connectivity index (χ1) is 33.3. The van der Waals surface area contributed by atoms with Crippen molar-refractivity contribution in [2.75, 3.05) is 34.5 Å². The van der Waals surface area contributed by atoms with Gasteiger partial charge in [0.2, 0.25) is 23.7 Å². The number of aromatic nitrogens is 10. The number of H-pyrrole nitrogens is 2. The van der Waals surface area contributed by atoms with Crippen LogP contribution in [0.3, 0.4) is 0 Å². The number of carbonyl (C=O) groups excluding carboxylic acids is 4. The number of ether oxygens (including phenoxy) is 2. The minimum atomic E-state index is -0.496. The topological polar surface area (TPSA) is 253 Å². The van der Waals surface area contributed by atoms with E-state index in [0.29, 0.717) is 39.9 Å². The third-order valence-corrected chi connectivity index (χ3v) is 11.5. The highest BCUT2D eigenvalue weighted by molar-refractivity contribution is 7.99. The highest BCUT2D eigenvalue weighted by atomic mass is 35.5. The van der Waals surface area contributed by atoms with Crippen molar-refractivity contribution in [3.05, 3.63) is 113 Å². The molecular formula is C46H47ClN14O6S2. The van der Waals surface area contributed by atoms with Crippen molar-refractivity contribution in [3.63, 3.8) is 0 Å². The molecule has 8 aromatic rings. The molecule has 356 valence electrons. The van der Waals surface area contributed by atoms with Gasteiger partial charge in [0.15, 0.2) is 23.0 Å². The summed E-state index contributed by atoms with van der Waals surface area (Å²) in [5.74, 6) is 1.68. The fourth-order valence-corrected chi connectivity index (χ4v) is 7.54. The summed E-state index contributed by atoms with van der Waals surface area (Å²) in [6.07, 6.45) is 7.14. The van der Waals surface area contributed by atoms with Crippen molar-refractivity contribution in [2.45, 2.75) is 68.2 Å². The van der Waals surface area contributed by atoms with Crippen LogP contribution in [0.1, 0.15) is 71.9 Å². The predicted molar refractivity (Wildman–Crippen MR) is 263 cm³/mol. The van der Waals surface area contributed by atoms with Gasteiger partial charge in [-0.1, -0.05) is 23.4 Å². The van der Waals surface area contributed by atoms with E-state index in [-0.39, 0.29) is 53.4 Å². The Kier molecular flexibility index (Phi) is 15.1. The van der Waals surface area contributed by atoms with Gasteiger partial charge >= 0.3 is 11.9 Å². The van der Waals surface area contributed by atoms with E-state index in [4.69, 9.17) is 26.1 Å². The van der Waals surface area contributed by atoms with Crippen molar-refractivity contribution in [3.8, 4) is 0 Å². The zero-order valence-electron chi connectivity index (χ0n) is 37.7. The lowest BCUT2D eigenvalue weighted by atomic mass is 10.3. The highest BCUT2D eigenvalue weighted by Crippen LogP contribution is 2.33. The largest absolute Gasteiger partial charge is 0.461 e. The highest BCUT2D eigenvalue weighted by Gasteiger charge is 2.30. The molecule has 2 aliphatic carbocycles. The summed E-state index contributed by atoms with van der Waals surface area (Å²) >= 11 is 11.6. The molecule has 2 amide bonds. The average molecular weight is 992 g/mol. The standard InChI is InChI=1S/C23H23N7O3S.C13H13ClN6O2.C10H11NOS/c1-3-33-22(32)17-12-30-19(25-17)11-20(27-23(30)26-18-10-13(2)28-29-18)34-16-8-6-15(7-9-16)24-21(31)14-4-5-14;1-3-22-12(21)8-6-20-11(15-8)5-9(14)16-13(20)17-10-4-7(2)18-19-10;12-10(7-1-2-7)11-8-3-5-9(13)6-4-8/h6-12,14H,3-5H2,1-2H3,(H,24,31)(H2,26,27,28,29);4-6H,3H2,1-2H3,(H2,16,17,18,19);3-7,13H,1-2H2,(H,11,12). The lowest BCUT2D eigenvalue weighted by Crippen LogP contribution is -2.12. The van der Waals surface area contributed by atoms with Crippen LogP contribution in [-0.2, 0) is 19.1 Å². The Balaban J connectivity index is 0.000000156. The minimum absolute atomic E-state index is 0.0774. The van der Waals surface area contributed by atoms with Crippen LogP contribution < -0.4 is 21.3 Å². The molecule has 2 aromatic carbocycles. The Morgan fingerprint density at radius 2 is 1.14 bits per heavy atom. The molecule has 69 heavy (non-hydrogen) atoms. The molecule has 6 aromatic heterocycles. The van der Waals surface area contributed by atoms with E-state index in [2.05, 4.69) is 69.2 Å². The van der Waals surface area contributed by atoms with E-state index in [9.17, 15) is 19.2 Å². The van der Waals surface area contributed by atoms with E-state index in [0.717, 1.165) is 58.2 Å². The van der Waals surface area contributed by atoms with Crippen molar-refractivity contribution in [1.82, 2.24) is 49.1 Å². The lowest BCUT2D eigenvalue weighted by Gasteiger charge is -2.09.